The van der Waals surface area contributed by atoms with E-state index in [1.54, 1.807) is 30.3 Å². The normalized spacial score (nSPS) is 11.3. The smallest absolute Gasteiger partial charge is 0.329 e. The zero-order chi connectivity index (χ0) is 25.1. The molecule has 0 spiro atoms. The molecule has 186 valence electrons. The first kappa shape index (κ1) is 26.7. The van der Waals surface area contributed by atoms with E-state index in [2.05, 4.69) is 12.2 Å². The number of unbranched alkanes of at least 4 members (excludes halogenated alkanes) is 5. The molecule has 0 atom stereocenters. The van der Waals surface area contributed by atoms with Crippen LogP contribution in [-0.4, -0.2) is 22.3 Å². The van der Waals surface area contributed by atoms with Gasteiger partial charge in [-0.15, -0.1) is 0 Å². The fourth-order valence-electron chi connectivity index (χ4n) is 4.00. The highest BCUT2D eigenvalue weighted by molar-refractivity contribution is 7.50. The Balaban J connectivity index is 1.86. The van der Waals surface area contributed by atoms with E-state index in [1.165, 1.54) is 25.7 Å². The van der Waals surface area contributed by atoms with Crippen LogP contribution in [0.3, 0.4) is 0 Å². The van der Waals surface area contributed by atoms with Crippen molar-refractivity contribution in [2.24, 2.45) is 0 Å². The second-order valence-electron chi connectivity index (χ2n) is 8.60. The molecule has 0 fully saturated rings. The molecule has 3 aromatic carbocycles. The van der Waals surface area contributed by atoms with E-state index >= 15 is 0 Å². The molecule has 0 aromatic heterocycles. The zero-order valence-corrected chi connectivity index (χ0v) is 21.0. The van der Waals surface area contributed by atoms with E-state index in [0.29, 0.717) is 29.2 Å². The highest BCUT2D eigenvalue weighted by Crippen LogP contribution is 2.41. The van der Waals surface area contributed by atoms with Crippen LogP contribution in [0.2, 0.25) is 0 Å². The summed E-state index contributed by atoms with van der Waals surface area (Å²) in [6, 6.07) is 21.8. The number of anilines is 1. The lowest BCUT2D eigenvalue weighted by Crippen LogP contribution is -2.16. The summed E-state index contributed by atoms with van der Waals surface area (Å²) in [7, 11) is -4.30. The fraction of sp³-hybridized carbons (Fsp3) is 0.321. The van der Waals surface area contributed by atoms with E-state index in [-0.39, 0.29) is 5.91 Å². The molecule has 0 bridgehead atoms. The minimum absolute atomic E-state index is 0.366. The molecule has 0 aliphatic heterocycles. The number of nitrogens with one attached hydrogen (secondary N) is 1. The fourth-order valence-corrected chi connectivity index (χ4v) is 4.71. The lowest BCUT2D eigenvalue weighted by atomic mass is 9.98. The summed E-state index contributed by atoms with van der Waals surface area (Å²) in [6.45, 7) is 2.71. The van der Waals surface area contributed by atoms with Gasteiger partial charge in [-0.3, -0.25) is 9.36 Å². The standard InChI is InChI=1S/C28H34NO5P/c1-2-3-4-5-6-12-20-34-26-19-13-17-24(22-14-8-7-9-15-22)27(26)28(30)29-25-18-11-10-16-23(25)21-35(31,32)33/h7-11,13-19H,2-6,12,20-21H2,1H3,(H,29,30)(H2,31,32,33). The number of rotatable bonds is 13. The molecule has 0 aliphatic rings. The van der Waals surface area contributed by atoms with Gasteiger partial charge < -0.3 is 19.8 Å². The average Bonchev–Trinajstić information content (AvgIpc) is 2.84. The lowest BCUT2D eigenvalue weighted by Gasteiger charge is -2.17. The minimum Gasteiger partial charge on any atom is -0.493 e. The maximum absolute atomic E-state index is 13.6. The van der Waals surface area contributed by atoms with Gasteiger partial charge in [0.15, 0.2) is 0 Å². The summed E-state index contributed by atoms with van der Waals surface area (Å²) in [5, 5.41) is 2.86. The highest BCUT2D eigenvalue weighted by Gasteiger charge is 2.22. The van der Waals surface area contributed by atoms with E-state index in [4.69, 9.17) is 4.74 Å². The number of para-hydroxylation sites is 1. The Hall–Kier alpha value is -2.92. The van der Waals surface area contributed by atoms with Crippen molar-refractivity contribution in [1.82, 2.24) is 0 Å². The molecule has 0 radical (unpaired) electrons. The van der Waals surface area contributed by atoms with Crippen LogP contribution in [0.5, 0.6) is 5.75 Å². The minimum atomic E-state index is -4.30. The molecule has 1 amide bonds. The molecule has 7 heteroatoms. The van der Waals surface area contributed by atoms with Crippen molar-refractivity contribution < 1.29 is 23.9 Å². The Morgan fingerprint density at radius 2 is 1.54 bits per heavy atom. The Morgan fingerprint density at radius 3 is 2.29 bits per heavy atom. The van der Waals surface area contributed by atoms with Crippen LogP contribution in [0, 0.1) is 0 Å². The summed E-state index contributed by atoms with van der Waals surface area (Å²) < 4.78 is 17.7. The van der Waals surface area contributed by atoms with Gasteiger partial charge in [0.05, 0.1) is 18.3 Å². The molecule has 35 heavy (non-hydrogen) atoms. The van der Waals surface area contributed by atoms with Crippen molar-refractivity contribution in [3.63, 3.8) is 0 Å². The Kier molecular flexibility index (Phi) is 10.1. The lowest BCUT2D eigenvalue weighted by molar-refractivity contribution is 0.102. The van der Waals surface area contributed by atoms with E-state index in [1.807, 2.05) is 42.5 Å². The van der Waals surface area contributed by atoms with Crippen LogP contribution in [0.15, 0.2) is 72.8 Å². The summed E-state index contributed by atoms with van der Waals surface area (Å²) >= 11 is 0. The molecule has 0 aliphatic carbocycles. The maximum Gasteiger partial charge on any atom is 0.329 e. The molecule has 3 N–H and O–H groups in total. The number of hydrogen-bond acceptors (Lipinski definition) is 3. The second-order valence-corrected chi connectivity index (χ2v) is 10.2. The van der Waals surface area contributed by atoms with Gasteiger partial charge in [-0.25, -0.2) is 0 Å². The average molecular weight is 496 g/mol. The molecule has 3 aromatic rings. The first-order chi connectivity index (χ1) is 16.9. The molecule has 0 unspecified atom stereocenters. The molecule has 0 heterocycles. The Bertz CT molecular complexity index is 1140. The predicted octanol–water partition coefficient (Wildman–Crippen LogP) is 7.02. The molecule has 6 nitrogen and oxygen atoms in total. The number of hydrogen-bond donors (Lipinski definition) is 3. The Labute approximate surface area is 207 Å². The van der Waals surface area contributed by atoms with Crippen LogP contribution in [0.4, 0.5) is 5.69 Å². The van der Waals surface area contributed by atoms with Crippen molar-refractivity contribution in [2.75, 3.05) is 11.9 Å². The van der Waals surface area contributed by atoms with Crippen LogP contribution in [-0.2, 0) is 10.7 Å². The largest absolute Gasteiger partial charge is 0.493 e. The number of benzene rings is 3. The zero-order valence-electron chi connectivity index (χ0n) is 20.2. The SMILES string of the molecule is CCCCCCCCOc1cccc(-c2ccccc2)c1C(=O)Nc1ccccc1CP(=O)(O)O. The quantitative estimate of drug-likeness (QED) is 0.175. The van der Waals surface area contributed by atoms with E-state index < -0.39 is 13.8 Å². The monoisotopic (exact) mass is 495 g/mol. The second kappa shape index (κ2) is 13.2. The Morgan fingerprint density at radius 1 is 0.857 bits per heavy atom. The van der Waals surface area contributed by atoms with Gasteiger partial charge in [0.1, 0.15) is 5.75 Å². The number of amides is 1. The summed E-state index contributed by atoms with van der Waals surface area (Å²) in [6.07, 6.45) is 6.38. The van der Waals surface area contributed by atoms with Gasteiger partial charge in [0.25, 0.3) is 5.91 Å². The molecule has 3 rings (SSSR count). The van der Waals surface area contributed by atoms with Gasteiger partial charge in [0, 0.05) is 5.69 Å². The first-order valence-corrected chi connectivity index (χ1v) is 13.9. The highest BCUT2D eigenvalue weighted by atomic mass is 31.2. The first-order valence-electron chi connectivity index (χ1n) is 12.1. The van der Waals surface area contributed by atoms with Crippen molar-refractivity contribution in [3.8, 4) is 16.9 Å². The molecule has 0 saturated heterocycles. The number of carbonyl (C=O) groups is 1. The van der Waals surface area contributed by atoms with Crippen LogP contribution >= 0.6 is 7.60 Å². The third-order valence-corrected chi connectivity index (χ3v) is 6.49. The summed E-state index contributed by atoms with van der Waals surface area (Å²) in [5.74, 6) is 0.102. The topological polar surface area (TPSA) is 95.9 Å². The van der Waals surface area contributed by atoms with Crippen molar-refractivity contribution in [1.29, 1.82) is 0 Å². The molecule has 0 saturated carbocycles. The van der Waals surface area contributed by atoms with Crippen molar-refractivity contribution in [2.45, 2.75) is 51.6 Å². The van der Waals surface area contributed by atoms with Gasteiger partial charge in [0.2, 0.25) is 0 Å². The van der Waals surface area contributed by atoms with Gasteiger partial charge in [-0.05, 0) is 35.2 Å². The number of ether oxygens (including phenoxy) is 1. The number of carbonyl (C=O) groups excluding carboxylic acids is 1. The predicted molar refractivity (Wildman–Crippen MR) is 141 cm³/mol. The van der Waals surface area contributed by atoms with Crippen LogP contribution in [0.1, 0.15) is 61.4 Å². The van der Waals surface area contributed by atoms with Gasteiger partial charge in [-0.2, -0.15) is 0 Å². The summed E-state index contributed by atoms with van der Waals surface area (Å²) in [4.78, 5) is 32.5. The van der Waals surface area contributed by atoms with Crippen LogP contribution in [0.25, 0.3) is 11.1 Å². The third-order valence-electron chi connectivity index (χ3n) is 5.74. The van der Waals surface area contributed by atoms with E-state index in [9.17, 15) is 19.1 Å². The molecular formula is C28H34NO5P. The van der Waals surface area contributed by atoms with Gasteiger partial charge >= 0.3 is 7.60 Å². The van der Waals surface area contributed by atoms with Crippen molar-refractivity contribution >= 4 is 19.2 Å². The molecular weight excluding hydrogens is 461 g/mol. The summed E-state index contributed by atoms with van der Waals surface area (Å²) in [5.41, 5.74) is 2.75. The van der Waals surface area contributed by atoms with Crippen LogP contribution < -0.4 is 10.1 Å². The maximum atomic E-state index is 13.6. The van der Waals surface area contributed by atoms with E-state index in [0.717, 1.165) is 24.0 Å². The van der Waals surface area contributed by atoms with Gasteiger partial charge in [-0.1, -0.05) is 99.7 Å². The van der Waals surface area contributed by atoms with Crippen molar-refractivity contribution in [3.05, 3.63) is 83.9 Å². The third kappa shape index (κ3) is 8.36.